The Labute approximate surface area is 145 Å². The summed E-state index contributed by atoms with van der Waals surface area (Å²) in [6.07, 6.45) is 6.44. The number of hydrogen-bond donors (Lipinski definition) is 2. The van der Waals surface area contributed by atoms with E-state index >= 15 is 0 Å². The van der Waals surface area contributed by atoms with Crippen LogP contribution in [0, 0.1) is 5.92 Å². The number of rotatable bonds is 2. The average Bonchev–Trinajstić information content (AvgIpc) is 3.10. The topological polar surface area (TPSA) is 64.7 Å². The van der Waals surface area contributed by atoms with Crippen molar-refractivity contribution in [3.05, 3.63) is 0 Å². The van der Waals surface area contributed by atoms with Crippen molar-refractivity contribution in [2.24, 2.45) is 5.92 Å². The second kappa shape index (κ2) is 7.72. The van der Waals surface area contributed by atoms with Gasteiger partial charge in [-0.25, -0.2) is 4.79 Å². The SMILES string of the molecule is CC1NCCN(C(=O)C2CCCN(C(=O)NC3CCCC3)C2)C1C. The lowest BCUT2D eigenvalue weighted by atomic mass is 9.94. The minimum Gasteiger partial charge on any atom is -0.337 e. The highest BCUT2D eigenvalue weighted by Crippen LogP contribution is 2.23. The number of piperidine rings is 1. The molecule has 24 heavy (non-hydrogen) atoms. The van der Waals surface area contributed by atoms with Crippen LogP contribution in [0.25, 0.3) is 0 Å². The van der Waals surface area contributed by atoms with Crippen molar-refractivity contribution < 1.29 is 9.59 Å². The van der Waals surface area contributed by atoms with Crippen LogP contribution in [0.2, 0.25) is 0 Å². The van der Waals surface area contributed by atoms with Crippen LogP contribution < -0.4 is 10.6 Å². The number of piperazine rings is 1. The number of urea groups is 1. The van der Waals surface area contributed by atoms with Crippen LogP contribution in [-0.2, 0) is 4.79 Å². The van der Waals surface area contributed by atoms with Crippen molar-refractivity contribution in [1.29, 1.82) is 0 Å². The third kappa shape index (κ3) is 3.85. The maximum Gasteiger partial charge on any atom is 0.317 e. The van der Waals surface area contributed by atoms with Gasteiger partial charge < -0.3 is 20.4 Å². The number of carbonyl (C=O) groups excluding carboxylic acids is 2. The van der Waals surface area contributed by atoms with Gasteiger partial charge in [-0.15, -0.1) is 0 Å². The number of hydrogen-bond acceptors (Lipinski definition) is 3. The fourth-order valence-electron chi connectivity index (χ4n) is 4.30. The molecule has 0 aromatic rings. The zero-order chi connectivity index (χ0) is 17.1. The summed E-state index contributed by atoms with van der Waals surface area (Å²) in [5.41, 5.74) is 0. The van der Waals surface area contributed by atoms with E-state index in [1.165, 1.54) is 12.8 Å². The van der Waals surface area contributed by atoms with E-state index in [1.807, 2.05) is 9.80 Å². The molecule has 3 aliphatic rings. The number of nitrogens with one attached hydrogen (secondary N) is 2. The highest BCUT2D eigenvalue weighted by atomic mass is 16.2. The predicted octanol–water partition coefficient (Wildman–Crippen LogP) is 1.56. The molecule has 6 nitrogen and oxygen atoms in total. The summed E-state index contributed by atoms with van der Waals surface area (Å²) in [4.78, 5) is 29.3. The molecule has 3 atom stereocenters. The van der Waals surface area contributed by atoms with Crippen LogP contribution in [0.15, 0.2) is 0 Å². The number of carbonyl (C=O) groups is 2. The minimum absolute atomic E-state index is 0.0288. The Morgan fingerprint density at radius 3 is 2.54 bits per heavy atom. The van der Waals surface area contributed by atoms with Crippen LogP contribution >= 0.6 is 0 Å². The van der Waals surface area contributed by atoms with Crippen molar-refractivity contribution >= 4 is 11.9 Å². The van der Waals surface area contributed by atoms with E-state index in [1.54, 1.807) is 0 Å². The van der Waals surface area contributed by atoms with Gasteiger partial charge in [-0.05, 0) is 39.5 Å². The third-order valence-corrected chi connectivity index (χ3v) is 6.06. The van der Waals surface area contributed by atoms with Gasteiger partial charge in [-0.1, -0.05) is 12.8 Å². The Balaban J connectivity index is 1.56. The summed E-state index contributed by atoms with van der Waals surface area (Å²) in [6, 6.07) is 0.908. The van der Waals surface area contributed by atoms with Crippen molar-refractivity contribution in [3.63, 3.8) is 0 Å². The van der Waals surface area contributed by atoms with E-state index in [2.05, 4.69) is 24.5 Å². The van der Waals surface area contributed by atoms with Gasteiger partial charge in [0.15, 0.2) is 0 Å². The Morgan fingerprint density at radius 2 is 1.79 bits per heavy atom. The fraction of sp³-hybridized carbons (Fsp3) is 0.889. The van der Waals surface area contributed by atoms with Crippen molar-refractivity contribution in [3.8, 4) is 0 Å². The molecular weight excluding hydrogens is 304 g/mol. The maximum absolute atomic E-state index is 13.0. The van der Waals surface area contributed by atoms with E-state index in [-0.39, 0.29) is 23.9 Å². The smallest absolute Gasteiger partial charge is 0.317 e. The van der Waals surface area contributed by atoms with Gasteiger partial charge in [0.25, 0.3) is 0 Å². The first-order valence-electron chi connectivity index (χ1n) is 9.65. The molecule has 2 saturated heterocycles. The molecule has 0 bridgehead atoms. The lowest BCUT2D eigenvalue weighted by Gasteiger charge is -2.42. The standard InChI is InChI=1S/C18H32N4O2/c1-13-14(2)22(11-9-19-13)17(23)15-6-5-10-21(12-15)18(24)20-16-7-3-4-8-16/h13-16,19H,3-12H2,1-2H3,(H,20,24). The molecular formula is C18H32N4O2. The first kappa shape index (κ1) is 17.5. The lowest BCUT2D eigenvalue weighted by molar-refractivity contribution is -0.140. The second-order valence-electron chi connectivity index (χ2n) is 7.73. The summed E-state index contributed by atoms with van der Waals surface area (Å²) in [5, 5.41) is 6.57. The normalized spacial score (nSPS) is 32.0. The number of amides is 3. The molecule has 3 unspecified atom stereocenters. The molecule has 6 heteroatoms. The molecule has 3 amide bonds. The Hall–Kier alpha value is -1.30. The van der Waals surface area contributed by atoms with Crippen LogP contribution in [0.1, 0.15) is 52.4 Å². The zero-order valence-electron chi connectivity index (χ0n) is 15.1. The number of likely N-dealkylation sites (tertiary alicyclic amines) is 1. The van der Waals surface area contributed by atoms with Gasteiger partial charge in [0, 0.05) is 44.3 Å². The molecule has 3 rings (SSSR count). The first-order valence-corrected chi connectivity index (χ1v) is 9.65. The van der Waals surface area contributed by atoms with Crippen LogP contribution in [0.3, 0.4) is 0 Å². The van der Waals surface area contributed by atoms with Gasteiger partial charge in [-0.3, -0.25) is 4.79 Å². The molecule has 0 spiro atoms. The quantitative estimate of drug-likeness (QED) is 0.804. The third-order valence-electron chi connectivity index (χ3n) is 6.06. The summed E-state index contributed by atoms with van der Waals surface area (Å²) in [6.45, 7) is 7.22. The monoisotopic (exact) mass is 336 g/mol. The molecule has 2 heterocycles. The Bertz CT molecular complexity index is 464. The Kier molecular flexibility index (Phi) is 5.64. The molecule has 1 aliphatic carbocycles. The van der Waals surface area contributed by atoms with E-state index in [0.29, 0.717) is 18.6 Å². The fourth-order valence-corrected chi connectivity index (χ4v) is 4.30. The van der Waals surface area contributed by atoms with Gasteiger partial charge in [0.05, 0.1) is 5.92 Å². The molecule has 3 fully saturated rings. The second-order valence-corrected chi connectivity index (χ2v) is 7.73. The largest absolute Gasteiger partial charge is 0.337 e. The van der Waals surface area contributed by atoms with Crippen LogP contribution in [0.5, 0.6) is 0 Å². The highest BCUT2D eigenvalue weighted by molar-refractivity contribution is 5.81. The van der Waals surface area contributed by atoms with Gasteiger partial charge in [0.2, 0.25) is 5.91 Å². The molecule has 0 aromatic heterocycles. The summed E-state index contributed by atoms with van der Waals surface area (Å²) in [5.74, 6) is 0.190. The van der Waals surface area contributed by atoms with Gasteiger partial charge in [0.1, 0.15) is 0 Å². The minimum atomic E-state index is -0.0409. The van der Waals surface area contributed by atoms with Crippen molar-refractivity contribution in [2.45, 2.75) is 70.5 Å². The summed E-state index contributed by atoms with van der Waals surface area (Å²) >= 11 is 0. The molecule has 2 aliphatic heterocycles. The molecule has 0 radical (unpaired) electrons. The van der Waals surface area contributed by atoms with Gasteiger partial charge in [-0.2, -0.15) is 0 Å². The van der Waals surface area contributed by atoms with Crippen LogP contribution in [0.4, 0.5) is 4.79 Å². The lowest BCUT2D eigenvalue weighted by Crippen LogP contribution is -2.60. The summed E-state index contributed by atoms with van der Waals surface area (Å²) in [7, 11) is 0. The van der Waals surface area contributed by atoms with E-state index < -0.39 is 0 Å². The zero-order valence-corrected chi connectivity index (χ0v) is 15.1. The predicted molar refractivity (Wildman–Crippen MR) is 93.7 cm³/mol. The van der Waals surface area contributed by atoms with E-state index in [9.17, 15) is 9.59 Å². The van der Waals surface area contributed by atoms with E-state index in [0.717, 1.165) is 45.3 Å². The molecule has 136 valence electrons. The maximum atomic E-state index is 13.0. The summed E-state index contributed by atoms with van der Waals surface area (Å²) < 4.78 is 0. The molecule has 2 N–H and O–H groups in total. The molecule has 1 saturated carbocycles. The van der Waals surface area contributed by atoms with Crippen molar-refractivity contribution in [2.75, 3.05) is 26.2 Å². The number of nitrogens with zero attached hydrogens (tertiary/aromatic N) is 2. The van der Waals surface area contributed by atoms with Crippen molar-refractivity contribution in [1.82, 2.24) is 20.4 Å². The average molecular weight is 336 g/mol. The highest BCUT2D eigenvalue weighted by Gasteiger charge is 2.35. The first-order chi connectivity index (χ1) is 11.6. The Morgan fingerprint density at radius 1 is 1.04 bits per heavy atom. The molecule has 0 aromatic carbocycles. The van der Waals surface area contributed by atoms with Crippen LogP contribution in [-0.4, -0.2) is 66.0 Å². The van der Waals surface area contributed by atoms with Gasteiger partial charge >= 0.3 is 6.03 Å². The van der Waals surface area contributed by atoms with E-state index in [4.69, 9.17) is 0 Å².